The molecule has 0 unspecified atom stereocenters. The summed E-state index contributed by atoms with van der Waals surface area (Å²) in [5.74, 6) is 0.769. The predicted octanol–water partition coefficient (Wildman–Crippen LogP) is 2.11. The standard InChI is InChI=1S/C11H17N3O/c1-11(2,3)10(15)14-8-5-6-9(12-4)13-7-8/h5-7H,1-4H3,(H,12,13)(H,14,15). The third-order valence-electron chi connectivity index (χ3n) is 1.96. The van der Waals surface area contributed by atoms with E-state index < -0.39 is 0 Å². The Morgan fingerprint density at radius 2 is 2.00 bits per heavy atom. The lowest BCUT2D eigenvalue weighted by molar-refractivity contribution is -0.123. The van der Waals surface area contributed by atoms with Crippen LogP contribution >= 0.6 is 0 Å². The summed E-state index contributed by atoms with van der Waals surface area (Å²) in [5, 5.41) is 5.72. The summed E-state index contributed by atoms with van der Waals surface area (Å²) >= 11 is 0. The van der Waals surface area contributed by atoms with Crippen LogP contribution in [0.1, 0.15) is 20.8 Å². The van der Waals surface area contributed by atoms with Crippen LogP contribution in [0.2, 0.25) is 0 Å². The Labute approximate surface area is 90.1 Å². The number of carbonyl (C=O) groups is 1. The second-order valence-corrected chi connectivity index (χ2v) is 4.39. The average Bonchev–Trinajstić information content (AvgIpc) is 2.17. The minimum Gasteiger partial charge on any atom is -0.373 e. The molecule has 1 rings (SSSR count). The maximum atomic E-state index is 11.6. The second-order valence-electron chi connectivity index (χ2n) is 4.39. The molecule has 0 aliphatic rings. The van der Waals surface area contributed by atoms with Gasteiger partial charge >= 0.3 is 0 Å². The number of hydrogen-bond donors (Lipinski definition) is 2. The zero-order valence-corrected chi connectivity index (χ0v) is 9.59. The number of nitrogens with one attached hydrogen (secondary N) is 2. The van der Waals surface area contributed by atoms with Crippen LogP contribution in [0.25, 0.3) is 0 Å². The molecule has 0 spiro atoms. The Morgan fingerprint density at radius 3 is 2.40 bits per heavy atom. The van der Waals surface area contributed by atoms with Gasteiger partial charge in [0, 0.05) is 12.5 Å². The average molecular weight is 207 g/mol. The fourth-order valence-electron chi connectivity index (χ4n) is 0.934. The number of rotatable bonds is 2. The van der Waals surface area contributed by atoms with Crippen molar-refractivity contribution in [2.75, 3.05) is 17.7 Å². The SMILES string of the molecule is CNc1ccc(NC(=O)C(C)(C)C)cn1. The highest BCUT2D eigenvalue weighted by molar-refractivity contribution is 5.94. The molecule has 0 aromatic carbocycles. The fourth-order valence-corrected chi connectivity index (χ4v) is 0.934. The van der Waals surface area contributed by atoms with E-state index in [-0.39, 0.29) is 11.3 Å². The molecule has 0 atom stereocenters. The fraction of sp³-hybridized carbons (Fsp3) is 0.455. The summed E-state index contributed by atoms with van der Waals surface area (Å²) in [6.07, 6.45) is 1.63. The Bertz CT molecular complexity index is 338. The summed E-state index contributed by atoms with van der Waals surface area (Å²) in [6.45, 7) is 5.62. The van der Waals surface area contributed by atoms with Crippen LogP contribution in [0.3, 0.4) is 0 Å². The maximum absolute atomic E-state index is 11.6. The van der Waals surface area contributed by atoms with Gasteiger partial charge in [0.25, 0.3) is 0 Å². The molecule has 0 aliphatic carbocycles. The van der Waals surface area contributed by atoms with E-state index in [1.54, 1.807) is 13.2 Å². The van der Waals surface area contributed by atoms with Crippen LogP contribution in [0.4, 0.5) is 11.5 Å². The summed E-state index contributed by atoms with van der Waals surface area (Å²) in [6, 6.07) is 3.64. The Hall–Kier alpha value is -1.58. The smallest absolute Gasteiger partial charge is 0.229 e. The van der Waals surface area contributed by atoms with Crippen molar-refractivity contribution in [3.8, 4) is 0 Å². The van der Waals surface area contributed by atoms with Gasteiger partial charge < -0.3 is 10.6 Å². The van der Waals surface area contributed by atoms with E-state index in [0.29, 0.717) is 5.69 Å². The van der Waals surface area contributed by atoms with E-state index in [4.69, 9.17) is 0 Å². The maximum Gasteiger partial charge on any atom is 0.229 e. The molecule has 0 fully saturated rings. The number of nitrogens with zero attached hydrogens (tertiary/aromatic N) is 1. The van der Waals surface area contributed by atoms with Gasteiger partial charge in [0.15, 0.2) is 0 Å². The number of carbonyl (C=O) groups excluding carboxylic acids is 1. The normalized spacial score (nSPS) is 10.9. The topological polar surface area (TPSA) is 54.0 Å². The molecule has 2 N–H and O–H groups in total. The van der Waals surface area contributed by atoms with Crippen LogP contribution < -0.4 is 10.6 Å². The molecule has 0 saturated carbocycles. The van der Waals surface area contributed by atoms with Gasteiger partial charge in [-0.15, -0.1) is 0 Å². The first-order valence-corrected chi connectivity index (χ1v) is 4.89. The lowest BCUT2D eigenvalue weighted by atomic mass is 9.96. The molecule has 4 nitrogen and oxygen atoms in total. The number of pyridine rings is 1. The first-order chi connectivity index (χ1) is 6.93. The second kappa shape index (κ2) is 4.29. The monoisotopic (exact) mass is 207 g/mol. The molecule has 15 heavy (non-hydrogen) atoms. The molecule has 0 radical (unpaired) electrons. The quantitative estimate of drug-likeness (QED) is 0.781. The number of amides is 1. The molecule has 1 amide bonds. The van der Waals surface area contributed by atoms with Crippen LogP contribution in [-0.2, 0) is 4.79 Å². The Morgan fingerprint density at radius 1 is 1.33 bits per heavy atom. The van der Waals surface area contributed by atoms with Crippen molar-refractivity contribution in [3.63, 3.8) is 0 Å². The van der Waals surface area contributed by atoms with Gasteiger partial charge in [-0.05, 0) is 12.1 Å². The lowest BCUT2D eigenvalue weighted by Gasteiger charge is -2.17. The van der Waals surface area contributed by atoms with E-state index in [1.165, 1.54) is 0 Å². The molecule has 1 heterocycles. The largest absolute Gasteiger partial charge is 0.373 e. The van der Waals surface area contributed by atoms with Crippen molar-refractivity contribution in [1.82, 2.24) is 4.98 Å². The van der Waals surface area contributed by atoms with Gasteiger partial charge in [-0.1, -0.05) is 20.8 Å². The zero-order chi connectivity index (χ0) is 11.5. The zero-order valence-electron chi connectivity index (χ0n) is 9.59. The summed E-state index contributed by atoms with van der Waals surface area (Å²) in [5.41, 5.74) is 0.329. The van der Waals surface area contributed by atoms with E-state index in [0.717, 1.165) is 5.82 Å². The molecule has 4 heteroatoms. The summed E-state index contributed by atoms with van der Waals surface area (Å²) < 4.78 is 0. The highest BCUT2D eigenvalue weighted by atomic mass is 16.2. The van der Waals surface area contributed by atoms with Gasteiger partial charge in [0.1, 0.15) is 5.82 Å². The Kier molecular flexibility index (Phi) is 3.29. The molecule has 0 aliphatic heterocycles. The minimum atomic E-state index is -0.387. The van der Waals surface area contributed by atoms with Crippen LogP contribution in [0.15, 0.2) is 18.3 Å². The number of aromatic nitrogens is 1. The van der Waals surface area contributed by atoms with Crippen LogP contribution in [-0.4, -0.2) is 17.9 Å². The number of anilines is 2. The Balaban J connectivity index is 2.70. The van der Waals surface area contributed by atoms with E-state index in [1.807, 2.05) is 32.9 Å². The van der Waals surface area contributed by atoms with Crippen LogP contribution in [0.5, 0.6) is 0 Å². The van der Waals surface area contributed by atoms with Gasteiger partial charge in [0.2, 0.25) is 5.91 Å². The first-order valence-electron chi connectivity index (χ1n) is 4.89. The van der Waals surface area contributed by atoms with E-state index in [2.05, 4.69) is 15.6 Å². The third kappa shape index (κ3) is 3.23. The number of hydrogen-bond acceptors (Lipinski definition) is 3. The molecular formula is C11H17N3O. The molecule has 1 aromatic heterocycles. The van der Waals surface area contributed by atoms with E-state index >= 15 is 0 Å². The summed E-state index contributed by atoms with van der Waals surface area (Å²) in [4.78, 5) is 15.7. The summed E-state index contributed by atoms with van der Waals surface area (Å²) in [7, 11) is 1.80. The van der Waals surface area contributed by atoms with Crippen molar-refractivity contribution in [1.29, 1.82) is 0 Å². The lowest BCUT2D eigenvalue weighted by Crippen LogP contribution is -2.27. The molecule has 82 valence electrons. The van der Waals surface area contributed by atoms with Gasteiger partial charge in [-0.25, -0.2) is 4.98 Å². The minimum absolute atomic E-state index is 0.0125. The first kappa shape index (κ1) is 11.5. The highest BCUT2D eigenvalue weighted by Crippen LogP contribution is 2.17. The van der Waals surface area contributed by atoms with Crippen molar-refractivity contribution in [2.45, 2.75) is 20.8 Å². The van der Waals surface area contributed by atoms with Gasteiger partial charge in [0.05, 0.1) is 11.9 Å². The van der Waals surface area contributed by atoms with Crippen LogP contribution in [0, 0.1) is 5.41 Å². The molecule has 0 bridgehead atoms. The third-order valence-corrected chi connectivity index (χ3v) is 1.96. The molecular weight excluding hydrogens is 190 g/mol. The van der Waals surface area contributed by atoms with E-state index in [9.17, 15) is 4.79 Å². The van der Waals surface area contributed by atoms with Gasteiger partial charge in [-0.2, -0.15) is 0 Å². The van der Waals surface area contributed by atoms with Crippen molar-refractivity contribution < 1.29 is 4.79 Å². The van der Waals surface area contributed by atoms with Crippen molar-refractivity contribution in [3.05, 3.63) is 18.3 Å². The van der Waals surface area contributed by atoms with Crippen molar-refractivity contribution in [2.24, 2.45) is 5.41 Å². The molecule has 0 saturated heterocycles. The highest BCUT2D eigenvalue weighted by Gasteiger charge is 2.20. The van der Waals surface area contributed by atoms with Gasteiger partial charge in [-0.3, -0.25) is 4.79 Å². The molecule has 1 aromatic rings. The van der Waals surface area contributed by atoms with Crippen molar-refractivity contribution >= 4 is 17.4 Å². The predicted molar refractivity (Wildman–Crippen MR) is 61.9 cm³/mol.